The van der Waals surface area contributed by atoms with Crippen molar-refractivity contribution in [1.29, 1.82) is 0 Å². The average Bonchev–Trinajstić information content (AvgIpc) is 3.38. The fourth-order valence-electron chi connectivity index (χ4n) is 4.58. The molecule has 0 saturated heterocycles. The van der Waals surface area contributed by atoms with Gasteiger partial charge in [-0.1, -0.05) is 47.6 Å². The van der Waals surface area contributed by atoms with E-state index in [2.05, 4.69) is 28.3 Å². The third-order valence-electron chi connectivity index (χ3n) is 6.49. The molecule has 0 atom stereocenters. The first kappa shape index (κ1) is 21.8. The highest BCUT2D eigenvalue weighted by Gasteiger charge is 2.25. The Bertz CT molecular complexity index is 1540. The number of aromatic nitrogens is 2. The molecule has 6 nitrogen and oxygen atoms in total. The quantitative estimate of drug-likeness (QED) is 0.289. The predicted molar refractivity (Wildman–Crippen MR) is 138 cm³/mol. The van der Waals surface area contributed by atoms with Crippen molar-refractivity contribution in [1.82, 2.24) is 10.1 Å². The lowest BCUT2D eigenvalue weighted by molar-refractivity contribution is 0.0990. The second kappa shape index (κ2) is 9.15. The number of hydrogen-bond acceptors (Lipinski definition) is 5. The third kappa shape index (κ3) is 3.92. The summed E-state index contributed by atoms with van der Waals surface area (Å²) in [5.74, 6) is 1.46. The number of benzene rings is 3. The standard InChI is InChI=1S/C30H23N3O3/c1-33(30(34)26-12-7-19-31-29(26)35-23-9-3-2-4-10-23)22-16-13-21(14-17-22)28-25-18-15-20-8-5-6-11-24(20)27(25)32-36-28/h2-14,16-17,19H,15,18H2,1H3. The van der Waals surface area contributed by atoms with Crippen molar-refractivity contribution in [3.63, 3.8) is 0 Å². The number of carbonyl (C=O) groups excluding carboxylic acids is 1. The molecule has 2 heterocycles. The number of hydrogen-bond donors (Lipinski definition) is 0. The molecule has 0 saturated carbocycles. The van der Waals surface area contributed by atoms with Gasteiger partial charge in [-0.05, 0) is 66.9 Å². The normalized spacial score (nSPS) is 11.9. The van der Waals surface area contributed by atoms with E-state index >= 15 is 0 Å². The Morgan fingerprint density at radius 3 is 2.50 bits per heavy atom. The lowest BCUT2D eigenvalue weighted by atomic mass is 9.88. The molecule has 6 heteroatoms. The van der Waals surface area contributed by atoms with Gasteiger partial charge in [-0.25, -0.2) is 4.98 Å². The molecule has 2 aromatic heterocycles. The van der Waals surface area contributed by atoms with Crippen LogP contribution in [0.2, 0.25) is 0 Å². The van der Waals surface area contributed by atoms with Crippen molar-refractivity contribution in [2.45, 2.75) is 12.8 Å². The molecule has 3 aromatic carbocycles. The molecule has 176 valence electrons. The summed E-state index contributed by atoms with van der Waals surface area (Å²) >= 11 is 0. The monoisotopic (exact) mass is 473 g/mol. The number of ether oxygens (including phenoxy) is 1. The maximum atomic E-state index is 13.4. The molecule has 0 spiro atoms. The van der Waals surface area contributed by atoms with Gasteiger partial charge in [0.2, 0.25) is 5.88 Å². The van der Waals surface area contributed by atoms with Crippen molar-refractivity contribution in [2.75, 3.05) is 11.9 Å². The number of carbonyl (C=O) groups is 1. The van der Waals surface area contributed by atoms with Crippen LogP contribution in [0.4, 0.5) is 5.69 Å². The average molecular weight is 474 g/mol. The van der Waals surface area contributed by atoms with Crippen LogP contribution in [0.1, 0.15) is 21.5 Å². The van der Waals surface area contributed by atoms with Crippen LogP contribution in [-0.4, -0.2) is 23.1 Å². The largest absolute Gasteiger partial charge is 0.438 e. The second-order valence-electron chi connectivity index (χ2n) is 8.68. The van der Waals surface area contributed by atoms with E-state index in [1.54, 1.807) is 30.3 Å². The molecular weight excluding hydrogens is 450 g/mol. The Balaban J connectivity index is 1.25. The molecule has 0 bridgehead atoms. The van der Waals surface area contributed by atoms with Crippen LogP contribution in [0.25, 0.3) is 22.6 Å². The van der Waals surface area contributed by atoms with Crippen LogP contribution in [0.3, 0.4) is 0 Å². The molecule has 6 rings (SSSR count). The van der Waals surface area contributed by atoms with E-state index < -0.39 is 0 Å². The Morgan fingerprint density at radius 1 is 0.889 bits per heavy atom. The molecule has 0 N–H and O–H groups in total. The van der Waals surface area contributed by atoms with E-state index in [0.717, 1.165) is 46.7 Å². The van der Waals surface area contributed by atoms with E-state index in [4.69, 9.17) is 9.26 Å². The number of nitrogens with zero attached hydrogens (tertiary/aromatic N) is 3. The highest BCUT2D eigenvalue weighted by atomic mass is 16.5. The zero-order chi connectivity index (χ0) is 24.5. The molecule has 1 aliphatic rings. The van der Waals surface area contributed by atoms with Gasteiger partial charge in [-0.15, -0.1) is 0 Å². The minimum absolute atomic E-state index is 0.213. The van der Waals surface area contributed by atoms with E-state index in [0.29, 0.717) is 11.3 Å². The first-order valence-electron chi connectivity index (χ1n) is 11.8. The fourth-order valence-corrected chi connectivity index (χ4v) is 4.58. The number of para-hydroxylation sites is 1. The van der Waals surface area contributed by atoms with Gasteiger partial charge >= 0.3 is 0 Å². The lowest BCUT2D eigenvalue weighted by Crippen LogP contribution is -2.26. The third-order valence-corrected chi connectivity index (χ3v) is 6.49. The van der Waals surface area contributed by atoms with Crippen molar-refractivity contribution < 1.29 is 14.1 Å². The lowest BCUT2D eigenvalue weighted by Gasteiger charge is -2.19. The zero-order valence-electron chi connectivity index (χ0n) is 19.7. The minimum Gasteiger partial charge on any atom is -0.438 e. The Hall–Kier alpha value is -4.71. The highest BCUT2D eigenvalue weighted by Crippen LogP contribution is 2.38. The summed E-state index contributed by atoms with van der Waals surface area (Å²) in [4.78, 5) is 19.2. The van der Waals surface area contributed by atoms with Gasteiger partial charge in [0.1, 0.15) is 17.0 Å². The molecule has 0 unspecified atom stereocenters. The molecule has 5 aromatic rings. The number of amides is 1. The first-order valence-corrected chi connectivity index (χ1v) is 11.8. The predicted octanol–water partition coefficient (Wildman–Crippen LogP) is 6.57. The van der Waals surface area contributed by atoms with Crippen LogP contribution < -0.4 is 9.64 Å². The molecule has 0 radical (unpaired) electrons. The van der Waals surface area contributed by atoms with Gasteiger partial charge in [0.15, 0.2) is 5.76 Å². The van der Waals surface area contributed by atoms with Crippen LogP contribution in [0.15, 0.2) is 102 Å². The van der Waals surface area contributed by atoms with Crippen molar-refractivity contribution >= 4 is 11.6 Å². The van der Waals surface area contributed by atoms with E-state index in [1.807, 2.05) is 60.7 Å². The van der Waals surface area contributed by atoms with Crippen molar-refractivity contribution in [3.8, 4) is 34.2 Å². The van der Waals surface area contributed by atoms with E-state index in [1.165, 1.54) is 5.56 Å². The highest BCUT2D eigenvalue weighted by molar-refractivity contribution is 6.07. The van der Waals surface area contributed by atoms with Gasteiger partial charge in [0, 0.05) is 35.6 Å². The minimum atomic E-state index is -0.213. The molecule has 0 aliphatic heterocycles. The fraction of sp³-hybridized carbons (Fsp3) is 0.100. The van der Waals surface area contributed by atoms with Gasteiger partial charge in [-0.3, -0.25) is 4.79 Å². The van der Waals surface area contributed by atoms with Crippen molar-refractivity contribution in [2.24, 2.45) is 0 Å². The summed E-state index contributed by atoms with van der Waals surface area (Å²) in [6.07, 6.45) is 3.46. The molecule has 36 heavy (non-hydrogen) atoms. The molecular formula is C30H23N3O3. The van der Waals surface area contributed by atoms with Crippen LogP contribution in [0.5, 0.6) is 11.6 Å². The number of fused-ring (bicyclic) bond motifs is 3. The molecule has 1 amide bonds. The Labute approximate surface area is 208 Å². The van der Waals surface area contributed by atoms with Gasteiger partial charge in [0.25, 0.3) is 5.91 Å². The van der Waals surface area contributed by atoms with Gasteiger partial charge < -0.3 is 14.2 Å². The molecule has 1 aliphatic carbocycles. The second-order valence-corrected chi connectivity index (χ2v) is 8.68. The van der Waals surface area contributed by atoms with Crippen molar-refractivity contribution in [3.05, 3.63) is 114 Å². The first-order chi connectivity index (χ1) is 17.7. The van der Waals surface area contributed by atoms with Crippen LogP contribution in [-0.2, 0) is 12.8 Å². The van der Waals surface area contributed by atoms with Gasteiger partial charge in [0.05, 0.1) is 0 Å². The zero-order valence-corrected chi connectivity index (χ0v) is 19.7. The number of aryl methyl sites for hydroxylation is 1. The Morgan fingerprint density at radius 2 is 1.67 bits per heavy atom. The molecule has 0 fully saturated rings. The van der Waals surface area contributed by atoms with E-state index in [9.17, 15) is 4.79 Å². The summed E-state index contributed by atoms with van der Waals surface area (Å²) in [6.45, 7) is 0. The van der Waals surface area contributed by atoms with Crippen LogP contribution in [0, 0.1) is 0 Å². The van der Waals surface area contributed by atoms with Gasteiger partial charge in [-0.2, -0.15) is 0 Å². The maximum absolute atomic E-state index is 13.4. The smallest absolute Gasteiger partial charge is 0.263 e. The summed E-state index contributed by atoms with van der Waals surface area (Å²) in [5, 5.41) is 4.38. The number of rotatable bonds is 5. The number of anilines is 1. The maximum Gasteiger partial charge on any atom is 0.263 e. The number of pyridine rings is 1. The summed E-state index contributed by atoms with van der Waals surface area (Å²) in [7, 11) is 1.74. The summed E-state index contributed by atoms with van der Waals surface area (Å²) in [5.41, 5.74) is 6.55. The summed E-state index contributed by atoms with van der Waals surface area (Å²) in [6, 6.07) is 28.8. The topological polar surface area (TPSA) is 68.5 Å². The SMILES string of the molecule is CN(C(=O)c1cccnc1Oc1ccccc1)c1ccc(-c2onc3c2CCc2ccccc2-3)cc1. The summed E-state index contributed by atoms with van der Waals surface area (Å²) < 4.78 is 11.7. The Kier molecular flexibility index (Phi) is 5.54. The van der Waals surface area contributed by atoms with E-state index in [-0.39, 0.29) is 11.8 Å². The van der Waals surface area contributed by atoms with Crippen LogP contribution >= 0.6 is 0 Å².